The molecule has 1 aliphatic rings. The molecular weight excluding hydrogens is 318 g/mol. The summed E-state index contributed by atoms with van der Waals surface area (Å²) in [7, 11) is 1.30. The van der Waals surface area contributed by atoms with Crippen LogP contribution in [0.4, 0.5) is 8.78 Å². The second kappa shape index (κ2) is 6.18. The van der Waals surface area contributed by atoms with E-state index in [1.807, 2.05) is 0 Å². The van der Waals surface area contributed by atoms with E-state index in [9.17, 15) is 13.6 Å². The number of H-pyrrole nitrogens is 1. The van der Waals surface area contributed by atoms with Gasteiger partial charge in [0.25, 0.3) is 5.91 Å². The number of nitrogens with one attached hydrogen (secondary N) is 1. The Balaban J connectivity index is 1.78. The molecule has 8 heteroatoms. The molecule has 0 saturated carbocycles. The van der Waals surface area contributed by atoms with Crippen molar-refractivity contribution in [2.45, 2.75) is 25.2 Å². The molecule has 1 aromatic carbocycles. The summed E-state index contributed by atoms with van der Waals surface area (Å²) in [5, 5.41) is 6.79. The van der Waals surface area contributed by atoms with Crippen LogP contribution >= 0.6 is 0 Å². The molecule has 2 aromatic rings. The average Bonchev–Trinajstić information content (AvgIpc) is 3.22. The number of halogens is 2. The third-order valence-electron chi connectivity index (χ3n) is 4.17. The van der Waals surface area contributed by atoms with E-state index in [1.54, 1.807) is 13.0 Å². The Kier molecular flexibility index (Phi) is 4.21. The van der Waals surface area contributed by atoms with Crippen LogP contribution in [0.2, 0.25) is 0 Å². The molecular formula is C16H18F2N4O2. The smallest absolute Gasteiger partial charge is 0.353 e. The van der Waals surface area contributed by atoms with Gasteiger partial charge in [0.1, 0.15) is 11.6 Å². The molecule has 3 rings (SSSR count). The maximum atomic E-state index is 14.7. The standard InChI is InChI=1S/C16H18F2N4O2/c1-10-19-14(21-20-10)11-7-8-22(9-11)15(23)16(17,18)12-5-3-4-6-13(12)24-2/h3-6,11H,7-9H2,1-2H3,(H,19,20,21). The normalized spacial score (nSPS) is 18.0. The molecule has 24 heavy (non-hydrogen) atoms. The Labute approximate surface area is 137 Å². The molecule has 0 aliphatic carbocycles. The number of nitrogens with zero attached hydrogens (tertiary/aromatic N) is 3. The molecule has 0 radical (unpaired) electrons. The number of carbonyl (C=O) groups excluding carboxylic acids is 1. The Bertz CT molecular complexity index is 747. The zero-order valence-electron chi connectivity index (χ0n) is 13.4. The fourth-order valence-electron chi connectivity index (χ4n) is 2.92. The number of hydrogen-bond acceptors (Lipinski definition) is 4. The second-order valence-electron chi connectivity index (χ2n) is 5.79. The molecule has 1 atom stereocenters. The molecule has 1 N–H and O–H groups in total. The minimum atomic E-state index is -3.64. The lowest BCUT2D eigenvalue weighted by atomic mass is 10.1. The van der Waals surface area contributed by atoms with Crippen LogP contribution in [0.3, 0.4) is 0 Å². The molecule has 2 heterocycles. The first-order valence-electron chi connectivity index (χ1n) is 7.63. The molecule has 0 bridgehead atoms. The van der Waals surface area contributed by atoms with E-state index in [0.717, 1.165) is 0 Å². The summed E-state index contributed by atoms with van der Waals surface area (Å²) >= 11 is 0. The second-order valence-corrected chi connectivity index (χ2v) is 5.79. The number of rotatable bonds is 4. The highest BCUT2D eigenvalue weighted by Gasteiger charge is 2.47. The summed E-state index contributed by atoms with van der Waals surface area (Å²) < 4.78 is 34.3. The lowest BCUT2D eigenvalue weighted by Gasteiger charge is -2.24. The summed E-state index contributed by atoms with van der Waals surface area (Å²) in [5.74, 6) is -3.78. The topological polar surface area (TPSA) is 71.1 Å². The number of alkyl halides is 2. The van der Waals surface area contributed by atoms with E-state index in [0.29, 0.717) is 18.1 Å². The van der Waals surface area contributed by atoms with Crippen molar-refractivity contribution in [3.63, 3.8) is 0 Å². The van der Waals surface area contributed by atoms with Crippen molar-refractivity contribution < 1.29 is 18.3 Å². The van der Waals surface area contributed by atoms with E-state index in [1.165, 1.54) is 30.2 Å². The predicted molar refractivity (Wildman–Crippen MR) is 81.9 cm³/mol. The minimum absolute atomic E-state index is 0.00353. The van der Waals surface area contributed by atoms with Crippen LogP contribution in [0.15, 0.2) is 24.3 Å². The van der Waals surface area contributed by atoms with Crippen LogP contribution < -0.4 is 4.74 Å². The highest BCUT2D eigenvalue weighted by atomic mass is 19.3. The number of amides is 1. The van der Waals surface area contributed by atoms with E-state index < -0.39 is 17.4 Å². The van der Waals surface area contributed by atoms with Gasteiger partial charge in [-0.2, -0.15) is 13.9 Å². The van der Waals surface area contributed by atoms with Gasteiger partial charge in [-0.1, -0.05) is 12.1 Å². The van der Waals surface area contributed by atoms with Crippen molar-refractivity contribution >= 4 is 5.91 Å². The zero-order valence-corrected chi connectivity index (χ0v) is 13.4. The van der Waals surface area contributed by atoms with Gasteiger partial charge < -0.3 is 9.64 Å². The van der Waals surface area contributed by atoms with Gasteiger partial charge in [0.2, 0.25) is 0 Å². The van der Waals surface area contributed by atoms with Crippen molar-refractivity contribution in [1.29, 1.82) is 0 Å². The lowest BCUT2D eigenvalue weighted by Crippen LogP contribution is -2.40. The number of aromatic amines is 1. The Hall–Kier alpha value is -2.51. The van der Waals surface area contributed by atoms with Gasteiger partial charge in [-0.15, -0.1) is 0 Å². The number of aryl methyl sites for hydroxylation is 1. The van der Waals surface area contributed by atoms with E-state index in [4.69, 9.17) is 4.74 Å². The van der Waals surface area contributed by atoms with Crippen molar-refractivity contribution in [3.8, 4) is 5.75 Å². The first-order valence-corrected chi connectivity index (χ1v) is 7.63. The molecule has 1 saturated heterocycles. The van der Waals surface area contributed by atoms with E-state index >= 15 is 0 Å². The summed E-state index contributed by atoms with van der Waals surface area (Å²) in [6, 6.07) is 5.67. The highest BCUT2D eigenvalue weighted by Crippen LogP contribution is 2.38. The van der Waals surface area contributed by atoms with Gasteiger partial charge in [0.15, 0.2) is 5.82 Å². The van der Waals surface area contributed by atoms with Crippen LogP contribution in [0.1, 0.15) is 29.6 Å². The Morgan fingerprint density at radius 1 is 1.42 bits per heavy atom. The molecule has 6 nitrogen and oxygen atoms in total. The third kappa shape index (κ3) is 2.83. The molecule has 1 fully saturated rings. The van der Waals surface area contributed by atoms with Crippen molar-refractivity contribution in [1.82, 2.24) is 20.1 Å². The fourth-order valence-corrected chi connectivity index (χ4v) is 2.92. The number of ether oxygens (including phenoxy) is 1. The summed E-state index contributed by atoms with van der Waals surface area (Å²) in [5.41, 5.74) is -0.422. The van der Waals surface area contributed by atoms with Crippen molar-refractivity contribution in [2.75, 3.05) is 20.2 Å². The molecule has 0 spiro atoms. The number of benzene rings is 1. The lowest BCUT2D eigenvalue weighted by molar-refractivity contribution is -0.158. The average molecular weight is 336 g/mol. The number of carbonyl (C=O) groups is 1. The first kappa shape index (κ1) is 16.4. The Morgan fingerprint density at radius 3 is 2.83 bits per heavy atom. The van der Waals surface area contributed by atoms with Gasteiger partial charge >= 0.3 is 5.92 Å². The van der Waals surface area contributed by atoms with Crippen LogP contribution in [0, 0.1) is 6.92 Å². The number of aromatic nitrogens is 3. The van der Waals surface area contributed by atoms with Gasteiger partial charge in [-0.3, -0.25) is 9.89 Å². The maximum absolute atomic E-state index is 14.7. The summed E-state index contributed by atoms with van der Waals surface area (Å²) in [4.78, 5) is 17.8. The van der Waals surface area contributed by atoms with Crippen LogP contribution in [-0.4, -0.2) is 46.2 Å². The van der Waals surface area contributed by atoms with Crippen LogP contribution in [0.5, 0.6) is 5.75 Å². The zero-order chi connectivity index (χ0) is 17.3. The molecule has 1 amide bonds. The first-order chi connectivity index (χ1) is 11.4. The molecule has 1 aromatic heterocycles. The van der Waals surface area contributed by atoms with Gasteiger partial charge in [0.05, 0.1) is 12.7 Å². The summed E-state index contributed by atoms with van der Waals surface area (Å²) in [6.45, 7) is 2.20. The van der Waals surface area contributed by atoms with E-state index in [-0.39, 0.29) is 24.8 Å². The van der Waals surface area contributed by atoms with Crippen molar-refractivity contribution in [2.24, 2.45) is 0 Å². The molecule has 1 aliphatic heterocycles. The monoisotopic (exact) mass is 336 g/mol. The van der Waals surface area contributed by atoms with Gasteiger partial charge in [-0.25, -0.2) is 4.98 Å². The molecule has 128 valence electrons. The number of methoxy groups -OCH3 is 1. The molecule has 1 unspecified atom stereocenters. The highest BCUT2D eigenvalue weighted by molar-refractivity contribution is 5.86. The third-order valence-corrected chi connectivity index (χ3v) is 4.17. The van der Waals surface area contributed by atoms with Crippen LogP contribution in [-0.2, 0) is 10.7 Å². The van der Waals surface area contributed by atoms with Gasteiger partial charge in [0, 0.05) is 19.0 Å². The Morgan fingerprint density at radius 2 is 2.17 bits per heavy atom. The number of likely N-dealkylation sites (tertiary alicyclic amines) is 1. The quantitative estimate of drug-likeness (QED) is 0.929. The van der Waals surface area contributed by atoms with E-state index in [2.05, 4.69) is 15.2 Å². The number of para-hydroxylation sites is 1. The SMILES string of the molecule is COc1ccccc1C(F)(F)C(=O)N1CCC(c2n[nH]c(C)n2)C1. The fraction of sp³-hybridized carbons (Fsp3) is 0.438. The minimum Gasteiger partial charge on any atom is -0.496 e. The number of hydrogen-bond donors (Lipinski definition) is 1. The predicted octanol–water partition coefficient (Wildman–Crippen LogP) is 2.23. The van der Waals surface area contributed by atoms with Crippen LogP contribution in [0.25, 0.3) is 0 Å². The largest absolute Gasteiger partial charge is 0.496 e. The van der Waals surface area contributed by atoms with Crippen molar-refractivity contribution in [3.05, 3.63) is 41.5 Å². The summed E-state index contributed by atoms with van der Waals surface area (Å²) in [6.07, 6.45) is 0.561. The maximum Gasteiger partial charge on any atom is 0.353 e. The van der Waals surface area contributed by atoms with Gasteiger partial charge in [-0.05, 0) is 25.5 Å².